The molecule has 1 fully saturated rings. The van der Waals surface area contributed by atoms with Crippen molar-refractivity contribution in [1.29, 1.82) is 0 Å². The fourth-order valence-corrected chi connectivity index (χ4v) is 5.45. The molecule has 0 radical (unpaired) electrons. The minimum absolute atomic E-state index is 0.176. The van der Waals surface area contributed by atoms with Crippen molar-refractivity contribution in [2.45, 2.75) is 11.0 Å². The molecule has 0 aromatic heterocycles. The van der Waals surface area contributed by atoms with Crippen LogP contribution in [0.15, 0.2) is 88.9 Å². The first-order valence-corrected chi connectivity index (χ1v) is 13.4. The van der Waals surface area contributed by atoms with Crippen LogP contribution in [0.1, 0.15) is 5.56 Å². The largest absolute Gasteiger partial charge is 0.489 e. The number of ether oxygens (including phenoxy) is 1. The number of para-hydroxylation sites is 2. The summed E-state index contributed by atoms with van der Waals surface area (Å²) in [6.45, 7) is -0.637. The van der Waals surface area contributed by atoms with Gasteiger partial charge < -0.3 is 4.74 Å². The highest BCUT2D eigenvalue weighted by atomic mass is 32.2. The Morgan fingerprint density at radius 2 is 1.75 bits per heavy atom. The number of anilines is 1. The monoisotopic (exact) mass is 526 g/mol. The first kappa shape index (κ1) is 25.2. The molecule has 0 bridgehead atoms. The standard InChI is InChI=1S/C24H22N4O6S2/c29-24(26-25-14-18-10-12-20(13-11-18)34-21-16-35-17-21)15-27(19-6-2-1-3-7-19)36(32,33)23-9-5-4-8-22(23)28(30)31/h1-14,21H,15-17H2,(H,26,29)/b25-14-. The second-order valence-corrected chi connectivity index (χ2v) is 10.6. The van der Waals surface area contributed by atoms with Gasteiger partial charge in [-0.05, 0) is 48.0 Å². The molecule has 1 amide bonds. The van der Waals surface area contributed by atoms with E-state index in [1.807, 2.05) is 23.9 Å². The van der Waals surface area contributed by atoms with Gasteiger partial charge in [-0.1, -0.05) is 30.3 Å². The molecule has 3 aromatic carbocycles. The summed E-state index contributed by atoms with van der Waals surface area (Å²) >= 11 is 1.83. The van der Waals surface area contributed by atoms with E-state index < -0.39 is 38.0 Å². The fourth-order valence-electron chi connectivity index (χ4n) is 3.31. The van der Waals surface area contributed by atoms with E-state index in [4.69, 9.17) is 4.74 Å². The van der Waals surface area contributed by atoms with Crippen LogP contribution in [0.2, 0.25) is 0 Å². The molecule has 0 unspecified atom stereocenters. The topological polar surface area (TPSA) is 131 Å². The summed E-state index contributed by atoms with van der Waals surface area (Å²) in [7, 11) is -4.45. The predicted molar refractivity (Wildman–Crippen MR) is 138 cm³/mol. The third-order valence-corrected chi connectivity index (χ3v) is 8.19. The predicted octanol–water partition coefficient (Wildman–Crippen LogP) is 3.43. The summed E-state index contributed by atoms with van der Waals surface area (Å²) < 4.78 is 33.4. The number of rotatable bonds is 10. The van der Waals surface area contributed by atoms with Gasteiger partial charge in [0, 0.05) is 17.6 Å². The zero-order valence-electron chi connectivity index (χ0n) is 18.9. The Morgan fingerprint density at radius 3 is 2.39 bits per heavy atom. The molecule has 1 aliphatic heterocycles. The quantitative estimate of drug-likeness (QED) is 0.243. The molecule has 0 aliphatic carbocycles. The van der Waals surface area contributed by atoms with Crippen LogP contribution in [0.3, 0.4) is 0 Å². The van der Waals surface area contributed by atoms with Crippen molar-refractivity contribution in [3.8, 4) is 5.75 Å². The van der Waals surface area contributed by atoms with E-state index in [9.17, 15) is 23.3 Å². The van der Waals surface area contributed by atoms with Gasteiger partial charge in [0.05, 0.1) is 16.8 Å². The van der Waals surface area contributed by atoms with Crippen LogP contribution in [0, 0.1) is 10.1 Å². The number of nitrogens with one attached hydrogen (secondary N) is 1. The highest BCUT2D eigenvalue weighted by molar-refractivity contribution is 8.00. The van der Waals surface area contributed by atoms with Crippen molar-refractivity contribution in [1.82, 2.24) is 5.43 Å². The average molecular weight is 527 g/mol. The molecular weight excluding hydrogens is 504 g/mol. The Morgan fingerprint density at radius 1 is 1.08 bits per heavy atom. The molecule has 1 aliphatic rings. The Balaban J connectivity index is 1.48. The summed E-state index contributed by atoms with van der Waals surface area (Å²) in [6.07, 6.45) is 1.65. The number of nitro benzene ring substituents is 1. The van der Waals surface area contributed by atoms with Crippen molar-refractivity contribution < 1.29 is 22.9 Å². The second-order valence-electron chi connectivity index (χ2n) is 7.71. The number of amides is 1. The highest BCUT2D eigenvalue weighted by Gasteiger charge is 2.33. The van der Waals surface area contributed by atoms with Gasteiger partial charge >= 0.3 is 0 Å². The van der Waals surface area contributed by atoms with E-state index in [-0.39, 0.29) is 11.8 Å². The Labute approximate surface area is 212 Å². The van der Waals surface area contributed by atoms with Gasteiger partial charge in [0.25, 0.3) is 21.6 Å². The second kappa shape index (κ2) is 11.2. The molecule has 36 heavy (non-hydrogen) atoms. The van der Waals surface area contributed by atoms with Crippen molar-refractivity contribution >= 4 is 45.3 Å². The number of carbonyl (C=O) groups is 1. The molecule has 0 saturated carbocycles. The van der Waals surface area contributed by atoms with E-state index in [1.54, 1.807) is 30.3 Å². The summed E-state index contributed by atoms with van der Waals surface area (Å²) in [4.78, 5) is 22.8. The van der Waals surface area contributed by atoms with Gasteiger partial charge in [-0.3, -0.25) is 19.2 Å². The van der Waals surface area contributed by atoms with Gasteiger partial charge in [-0.2, -0.15) is 16.9 Å². The number of hydrazone groups is 1. The van der Waals surface area contributed by atoms with Gasteiger partial charge in [-0.15, -0.1) is 0 Å². The molecule has 186 valence electrons. The third-order valence-electron chi connectivity index (χ3n) is 5.15. The minimum atomic E-state index is -4.45. The summed E-state index contributed by atoms with van der Waals surface area (Å²) in [5.74, 6) is 1.98. The van der Waals surface area contributed by atoms with Crippen LogP contribution in [0.5, 0.6) is 5.75 Å². The molecule has 1 saturated heterocycles. The zero-order valence-corrected chi connectivity index (χ0v) is 20.5. The Hall–Kier alpha value is -3.90. The van der Waals surface area contributed by atoms with Crippen molar-refractivity contribution in [3.63, 3.8) is 0 Å². The smallest absolute Gasteiger partial charge is 0.289 e. The normalized spacial score (nSPS) is 13.7. The highest BCUT2D eigenvalue weighted by Crippen LogP contribution is 2.29. The van der Waals surface area contributed by atoms with Crippen molar-refractivity contribution in [3.05, 3.63) is 94.5 Å². The lowest BCUT2D eigenvalue weighted by Gasteiger charge is -2.25. The SMILES string of the molecule is O=C(CN(c1ccccc1)S(=O)(=O)c1ccccc1[N+](=O)[O-])N/N=C\c1ccc(OC2CSC2)cc1. The van der Waals surface area contributed by atoms with Gasteiger partial charge in [0.1, 0.15) is 18.4 Å². The first-order chi connectivity index (χ1) is 17.3. The fraction of sp³-hybridized carbons (Fsp3) is 0.167. The lowest BCUT2D eigenvalue weighted by Crippen LogP contribution is -2.39. The van der Waals surface area contributed by atoms with Crippen LogP contribution in [-0.4, -0.2) is 49.6 Å². The number of hydrogen-bond acceptors (Lipinski definition) is 8. The molecule has 4 rings (SSSR count). The number of hydrogen-bond donors (Lipinski definition) is 1. The van der Waals surface area contributed by atoms with E-state index in [0.717, 1.165) is 33.7 Å². The van der Waals surface area contributed by atoms with Crippen LogP contribution in [0.4, 0.5) is 11.4 Å². The van der Waals surface area contributed by atoms with Gasteiger partial charge in [0.15, 0.2) is 4.90 Å². The molecule has 1 N–H and O–H groups in total. The number of benzene rings is 3. The Bertz CT molecular complexity index is 1360. The zero-order chi connectivity index (χ0) is 25.5. The average Bonchev–Trinajstić information content (AvgIpc) is 2.86. The molecule has 0 spiro atoms. The summed E-state index contributed by atoms with van der Waals surface area (Å²) in [6, 6.07) is 20.1. The first-order valence-electron chi connectivity index (χ1n) is 10.8. The maximum absolute atomic E-state index is 13.4. The molecule has 12 heteroatoms. The third kappa shape index (κ3) is 6.01. The number of nitro groups is 1. The van der Waals surface area contributed by atoms with Gasteiger partial charge in [0.2, 0.25) is 0 Å². The number of sulfonamides is 1. The van der Waals surface area contributed by atoms with E-state index in [0.29, 0.717) is 5.56 Å². The Kier molecular flexibility index (Phi) is 7.86. The van der Waals surface area contributed by atoms with Gasteiger partial charge in [-0.25, -0.2) is 13.8 Å². The number of carbonyl (C=O) groups excluding carboxylic acids is 1. The van der Waals surface area contributed by atoms with Crippen molar-refractivity contribution in [2.24, 2.45) is 5.10 Å². The van der Waals surface area contributed by atoms with E-state index in [1.165, 1.54) is 30.5 Å². The number of nitrogens with zero attached hydrogens (tertiary/aromatic N) is 3. The van der Waals surface area contributed by atoms with E-state index >= 15 is 0 Å². The maximum atomic E-state index is 13.4. The van der Waals surface area contributed by atoms with Crippen LogP contribution < -0.4 is 14.5 Å². The molecule has 3 aromatic rings. The maximum Gasteiger partial charge on any atom is 0.289 e. The van der Waals surface area contributed by atoms with Crippen LogP contribution in [-0.2, 0) is 14.8 Å². The van der Waals surface area contributed by atoms with Crippen molar-refractivity contribution in [2.75, 3.05) is 22.4 Å². The summed E-state index contributed by atoms with van der Waals surface area (Å²) in [5, 5.41) is 15.3. The van der Waals surface area contributed by atoms with E-state index in [2.05, 4.69) is 10.5 Å². The van der Waals surface area contributed by atoms with Crippen LogP contribution in [0.25, 0.3) is 0 Å². The number of thioether (sulfide) groups is 1. The minimum Gasteiger partial charge on any atom is -0.489 e. The van der Waals surface area contributed by atoms with Crippen LogP contribution >= 0.6 is 11.8 Å². The lowest BCUT2D eigenvalue weighted by molar-refractivity contribution is -0.387. The molecule has 0 atom stereocenters. The summed E-state index contributed by atoms with van der Waals surface area (Å²) in [5.41, 5.74) is 2.61. The molecular formula is C24H22N4O6S2. The lowest BCUT2D eigenvalue weighted by atomic mass is 10.2. The molecule has 1 heterocycles. The molecule has 10 nitrogen and oxygen atoms in total.